The largest absolute Gasteiger partial charge is 0.419 e. The number of aromatic nitrogens is 1. The monoisotopic (exact) mass is 368 g/mol. The average Bonchev–Trinajstić information content (AvgIpc) is 2.98. The lowest BCUT2D eigenvalue weighted by Crippen LogP contribution is -2.30. The van der Waals surface area contributed by atoms with Crippen molar-refractivity contribution in [2.45, 2.75) is 36.7 Å². The molecule has 0 fully saturated rings. The highest BCUT2D eigenvalue weighted by Crippen LogP contribution is 2.35. The van der Waals surface area contributed by atoms with Gasteiger partial charge in [0.1, 0.15) is 0 Å². The molecule has 26 heavy (non-hydrogen) atoms. The highest BCUT2D eigenvalue weighted by Gasteiger charge is 2.21. The van der Waals surface area contributed by atoms with E-state index < -0.39 is 0 Å². The summed E-state index contributed by atoms with van der Waals surface area (Å²) in [5.41, 5.74) is 2.56. The van der Waals surface area contributed by atoms with E-state index in [-0.39, 0.29) is 17.7 Å². The molecule has 0 spiro atoms. The van der Waals surface area contributed by atoms with Crippen LogP contribution in [0.1, 0.15) is 30.9 Å². The molecule has 6 heteroatoms. The van der Waals surface area contributed by atoms with E-state index in [1.165, 1.54) is 10.5 Å². The van der Waals surface area contributed by atoms with Gasteiger partial charge in [-0.2, -0.15) is 0 Å². The Balaban J connectivity index is 1.36. The molecule has 134 valence electrons. The SMILES string of the molecule is O=C(CCCn1c(=O)oc2ccccc21)N[C@@H]1CCSc2ccccc21. The lowest BCUT2D eigenvalue weighted by molar-refractivity contribution is -0.122. The van der Waals surface area contributed by atoms with Crippen LogP contribution < -0.4 is 11.1 Å². The van der Waals surface area contributed by atoms with Gasteiger partial charge in [0, 0.05) is 23.6 Å². The van der Waals surface area contributed by atoms with Crippen LogP contribution in [0.25, 0.3) is 11.1 Å². The molecule has 1 N–H and O–H groups in total. The number of amides is 1. The molecule has 0 unspecified atom stereocenters. The molecule has 4 rings (SSSR count). The smallest absolute Gasteiger partial charge is 0.408 e. The fourth-order valence-electron chi connectivity index (χ4n) is 3.38. The minimum atomic E-state index is -0.371. The second-order valence-electron chi connectivity index (χ2n) is 6.39. The molecule has 1 aromatic heterocycles. The summed E-state index contributed by atoms with van der Waals surface area (Å²) in [5, 5.41) is 3.14. The summed E-state index contributed by atoms with van der Waals surface area (Å²) >= 11 is 1.84. The van der Waals surface area contributed by atoms with Gasteiger partial charge in [-0.25, -0.2) is 4.79 Å². The molecule has 0 bridgehead atoms. The quantitative estimate of drug-likeness (QED) is 0.745. The summed E-state index contributed by atoms with van der Waals surface area (Å²) in [6.45, 7) is 0.473. The molecule has 1 aliphatic heterocycles. The lowest BCUT2D eigenvalue weighted by Gasteiger charge is -2.25. The van der Waals surface area contributed by atoms with E-state index in [0.717, 1.165) is 17.7 Å². The zero-order valence-corrected chi connectivity index (χ0v) is 15.1. The Morgan fingerprint density at radius 1 is 1.19 bits per heavy atom. The van der Waals surface area contributed by atoms with Crippen LogP contribution in [0.3, 0.4) is 0 Å². The van der Waals surface area contributed by atoms with E-state index >= 15 is 0 Å². The summed E-state index contributed by atoms with van der Waals surface area (Å²) < 4.78 is 6.81. The summed E-state index contributed by atoms with van der Waals surface area (Å²) in [4.78, 5) is 25.6. The van der Waals surface area contributed by atoms with E-state index in [4.69, 9.17) is 4.42 Å². The van der Waals surface area contributed by atoms with Crippen molar-refractivity contribution < 1.29 is 9.21 Å². The molecule has 0 aliphatic carbocycles. The van der Waals surface area contributed by atoms with Crippen molar-refractivity contribution in [1.82, 2.24) is 9.88 Å². The number of hydrogen-bond acceptors (Lipinski definition) is 4. The first kappa shape index (κ1) is 17.0. The maximum absolute atomic E-state index is 12.4. The van der Waals surface area contributed by atoms with Crippen molar-refractivity contribution in [3.63, 3.8) is 0 Å². The summed E-state index contributed by atoms with van der Waals surface area (Å²) in [7, 11) is 0. The van der Waals surface area contributed by atoms with E-state index in [9.17, 15) is 9.59 Å². The molecule has 3 aromatic rings. The van der Waals surface area contributed by atoms with Crippen LogP contribution in [0.5, 0.6) is 0 Å². The van der Waals surface area contributed by atoms with Crippen LogP contribution in [0.4, 0.5) is 0 Å². The molecule has 0 radical (unpaired) electrons. The second-order valence-corrected chi connectivity index (χ2v) is 7.52. The van der Waals surface area contributed by atoms with E-state index in [1.54, 1.807) is 10.6 Å². The van der Waals surface area contributed by atoms with Crippen molar-refractivity contribution in [2.75, 3.05) is 5.75 Å². The first-order valence-electron chi connectivity index (χ1n) is 8.82. The van der Waals surface area contributed by atoms with Gasteiger partial charge in [-0.1, -0.05) is 30.3 Å². The Morgan fingerprint density at radius 2 is 2.00 bits per heavy atom. The highest BCUT2D eigenvalue weighted by molar-refractivity contribution is 7.99. The normalized spacial score (nSPS) is 16.4. The second kappa shape index (κ2) is 7.41. The Morgan fingerprint density at radius 3 is 2.92 bits per heavy atom. The first-order chi connectivity index (χ1) is 12.7. The van der Waals surface area contributed by atoms with Crippen molar-refractivity contribution >= 4 is 28.8 Å². The topological polar surface area (TPSA) is 64.2 Å². The van der Waals surface area contributed by atoms with Gasteiger partial charge in [-0.05, 0) is 36.6 Å². The van der Waals surface area contributed by atoms with Crippen LogP contribution >= 0.6 is 11.8 Å². The number of carbonyl (C=O) groups excluding carboxylic acids is 1. The van der Waals surface area contributed by atoms with Gasteiger partial charge < -0.3 is 9.73 Å². The van der Waals surface area contributed by atoms with Gasteiger partial charge in [-0.15, -0.1) is 11.8 Å². The minimum absolute atomic E-state index is 0.0255. The number of nitrogens with zero attached hydrogens (tertiary/aromatic N) is 1. The highest BCUT2D eigenvalue weighted by atomic mass is 32.2. The predicted molar refractivity (Wildman–Crippen MR) is 102 cm³/mol. The molecule has 2 aromatic carbocycles. The molecule has 1 aliphatic rings. The predicted octanol–water partition coefficient (Wildman–Crippen LogP) is 3.73. The van der Waals surface area contributed by atoms with Gasteiger partial charge in [0.05, 0.1) is 11.6 Å². The average molecular weight is 368 g/mol. The Labute approximate surface area is 155 Å². The molecule has 0 saturated carbocycles. The van der Waals surface area contributed by atoms with E-state index in [0.29, 0.717) is 25.0 Å². The molecular weight excluding hydrogens is 348 g/mol. The van der Waals surface area contributed by atoms with Crippen molar-refractivity contribution in [3.05, 3.63) is 64.6 Å². The van der Waals surface area contributed by atoms with Gasteiger partial charge in [0.15, 0.2) is 5.58 Å². The number of carbonyl (C=O) groups is 1. The number of rotatable bonds is 5. The number of para-hydroxylation sites is 2. The summed E-state index contributed by atoms with van der Waals surface area (Å²) in [6.07, 6.45) is 1.93. The van der Waals surface area contributed by atoms with Crippen LogP contribution in [0.15, 0.2) is 62.6 Å². The van der Waals surface area contributed by atoms with E-state index in [1.807, 2.05) is 42.1 Å². The molecular formula is C20H20N2O3S. The number of thioether (sulfide) groups is 1. The Bertz CT molecular complexity index is 992. The molecule has 0 saturated heterocycles. The number of hydrogen-bond donors (Lipinski definition) is 1. The van der Waals surface area contributed by atoms with Gasteiger partial charge in [-0.3, -0.25) is 9.36 Å². The van der Waals surface area contributed by atoms with Crippen molar-refractivity contribution in [2.24, 2.45) is 0 Å². The number of nitrogens with one attached hydrogen (secondary N) is 1. The molecule has 1 atom stereocenters. The maximum Gasteiger partial charge on any atom is 0.419 e. The first-order valence-corrected chi connectivity index (χ1v) is 9.80. The van der Waals surface area contributed by atoms with Crippen LogP contribution in [-0.2, 0) is 11.3 Å². The number of aryl methyl sites for hydroxylation is 1. The number of fused-ring (bicyclic) bond motifs is 2. The molecule has 1 amide bonds. The summed E-state index contributed by atoms with van der Waals surface area (Å²) in [5.74, 6) is 0.667. The number of oxazole rings is 1. The minimum Gasteiger partial charge on any atom is -0.408 e. The molecule has 2 heterocycles. The standard InChI is InChI=1S/C20H20N2O3S/c23-19(21-15-11-13-26-18-9-4-1-6-14(15)18)10-5-12-22-16-7-2-3-8-17(16)25-20(22)24/h1-4,6-9,15H,5,10-13H2,(H,21,23)/t15-/m1/s1. The van der Waals surface area contributed by atoms with Crippen LogP contribution in [0, 0.1) is 0 Å². The summed E-state index contributed by atoms with van der Waals surface area (Å²) in [6, 6.07) is 15.7. The van der Waals surface area contributed by atoms with Crippen molar-refractivity contribution in [1.29, 1.82) is 0 Å². The Hall–Kier alpha value is -2.47. The van der Waals surface area contributed by atoms with E-state index in [2.05, 4.69) is 17.4 Å². The number of benzene rings is 2. The zero-order valence-electron chi connectivity index (χ0n) is 14.3. The lowest BCUT2D eigenvalue weighted by atomic mass is 10.0. The Kier molecular flexibility index (Phi) is 4.84. The third-order valence-electron chi connectivity index (χ3n) is 4.65. The van der Waals surface area contributed by atoms with Crippen molar-refractivity contribution in [3.8, 4) is 0 Å². The zero-order chi connectivity index (χ0) is 17.9. The fourth-order valence-corrected chi connectivity index (χ4v) is 4.51. The van der Waals surface area contributed by atoms with Gasteiger partial charge in [0.2, 0.25) is 5.91 Å². The third kappa shape index (κ3) is 3.42. The third-order valence-corrected chi connectivity index (χ3v) is 5.78. The maximum atomic E-state index is 12.4. The van der Waals surface area contributed by atoms with Gasteiger partial charge in [0.25, 0.3) is 0 Å². The molecule has 5 nitrogen and oxygen atoms in total. The van der Waals surface area contributed by atoms with Crippen LogP contribution in [-0.4, -0.2) is 16.2 Å². The van der Waals surface area contributed by atoms with Crippen LogP contribution in [0.2, 0.25) is 0 Å². The fraction of sp³-hybridized carbons (Fsp3) is 0.300. The van der Waals surface area contributed by atoms with Gasteiger partial charge >= 0.3 is 5.76 Å².